The normalized spacial score (nSPS) is 19.9. The first-order valence-corrected chi connectivity index (χ1v) is 44.2. The van der Waals surface area contributed by atoms with Crippen molar-refractivity contribution in [2.75, 3.05) is 80.9 Å². The Morgan fingerprint density at radius 1 is 0.530 bits per heavy atom. The molecule has 18 heterocycles. The van der Waals surface area contributed by atoms with Crippen LogP contribution in [-0.2, 0) is 41.1 Å². The molecular weight excluding hydrogens is 1880 g/mol. The van der Waals surface area contributed by atoms with Crippen molar-refractivity contribution in [1.82, 2.24) is 82.6 Å². The molecule has 0 saturated carbocycles. The average Bonchev–Trinajstić information content (AvgIpc) is 1.62. The fraction of sp³-hybridized carbons (Fsp3) is 0.468. The standard InChI is InChI=1S/C27H33N7O3S.C22H25N7OS.C20H29N5O3S.C7H5BrN2.C2HF3O.CH3F.H3N17.Na/c1-18-22(31-25(35)37-26(2,3)4)27(17-36-18)8-13-32(14-9-27)24-29-16-21(23-28-11-15-33(23)24)38-20-6-5-12-34-19(20)7-10-30-34;1-15-19(23)22(14-30-15)5-10-27(11-6-22)21-25-13-18(20-24-8-12-28(20)21)31-17-3-2-9-29-16(17)4-7-26-29;1-13-15(23-18(26)28-19(2,3)4)20(12-27-13)5-8-24(9-6-20)17-22-11-14(29)16-21-7-10-25(16)17;8-6-2-1-5-10-7(6)3-4-9-10;3-2(4,5)1-6;1-2;1-3-5-7-9-11-13-15-17-16-14-12-10-8-6-4-2;/h5-7,10-12,15-16,18,22H,8-9,13-14,17H2,1-4H3,(H,31,35);2-4,7-9,12-13,15,19H,5-6,10-11,14,23H2,1H3;7,10-11,13,15,29H,5-6,8-9,12H2,1-4H3,(H,23,26);1-5H;1H;1H3;(H3,1,2,5,6,9,10,13,14,17);/q;;;;;;;+1/p-1/t18-,22+;15-,19+;13-,15+;;;;;/m000...../s1/i;;;;;1D;;. The van der Waals surface area contributed by atoms with Crippen LogP contribution in [0, 0.1) is 21.8 Å². The van der Waals surface area contributed by atoms with Gasteiger partial charge in [0.25, 0.3) is 0 Å². The molecule has 3 spiro atoms. The van der Waals surface area contributed by atoms with Crippen molar-refractivity contribution in [2.45, 2.75) is 179 Å². The average molecular weight is 1980 g/mol. The molecule has 12 aromatic heterocycles. The molecule has 706 valence electrons. The number of nitrogens with one attached hydrogen (secondary N) is 3. The zero-order chi connectivity index (χ0) is 95.8. The third kappa shape index (κ3) is 26.0. The number of carbonyl (C=O) groups is 3. The zero-order valence-electron chi connectivity index (χ0n) is 75.5. The maximum Gasteiger partial charge on any atom is 1.00 e. The van der Waals surface area contributed by atoms with Gasteiger partial charge in [0.15, 0.2) is 11.3 Å². The van der Waals surface area contributed by atoms with Gasteiger partial charge in [-0.1, -0.05) is 28.7 Å². The molecule has 6 atom stereocenters. The van der Waals surface area contributed by atoms with Crippen molar-refractivity contribution in [2.24, 2.45) is 106 Å². The number of hydrogen-bond acceptors (Lipinski definition) is 26. The summed E-state index contributed by atoms with van der Waals surface area (Å²) in [6.45, 7) is 24.5. The number of alkyl carbamates (subject to hydrolysis) is 2. The smallest absolute Gasteiger partial charge is 0.775 e. The molecule has 0 bridgehead atoms. The number of alkyl halides is 4. The molecule has 6 aliphatic heterocycles. The Kier molecular flexibility index (Phi) is 35.3. The summed E-state index contributed by atoms with van der Waals surface area (Å²) in [5.74, 6) is 7.25. The Hall–Kier alpha value is -11.9. The van der Waals surface area contributed by atoms with E-state index in [1.807, 2.05) is 184 Å². The van der Waals surface area contributed by atoms with Gasteiger partial charge in [0.05, 0.1) is 104 Å². The summed E-state index contributed by atoms with van der Waals surface area (Å²) in [6.07, 6.45) is 27.2. The number of piperidine rings is 3. The summed E-state index contributed by atoms with van der Waals surface area (Å²) in [5, 5.41) is 62.2. The number of imidazole rings is 3. The van der Waals surface area contributed by atoms with Crippen molar-refractivity contribution in [3.8, 4) is 0 Å². The summed E-state index contributed by atoms with van der Waals surface area (Å²) in [4.78, 5) is 73.4. The van der Waals surface area contributed by atoms with Crippen LogP contribution in [0.4, 0.5) is 45.0 Å². The summed E-state index contributed by atoms with van der Waals surface area (Å²) in [5.41, 5.74) is 17.3. The molecule has 6 aliphatic rings. The second-order valence-corrected chi connectivity index (χ2v) is 36.3. The van der Waals surface area contributed by atoms with E-state index in [1.54, 1.807) is 48.3 Å². The van der Waals surface area contributed by atoms with Crippen LogP contribution in [0.25, 0.3) is 33.5 Å². The van der Waals surface area contributed by atoms with E-state index >= 15 is 0 Å². The van der Waals surface area contributed by atoms with Gasteiger partial charge in [-0.15, -0.1) is 4.90 Å². The predicted octanol–water partition coefficient (Wildman–Crippen LogP) is 12.7. The number of aromatic nitrogens is 15. The summed E-state index contributed by atoms with van der Waals surface area (Å²) in [6, 6.07) is 18.1. The SMILES string of the molecule is Brc1cccn2nccc12.C[C@@H]1OCC2(CCN(c3ncc(Sc4cccn5nccc45)c4nccn34)CC2)[C@@H]1N.C[C@@H]1OCC2(CCN(c3ncc(Sc4cccn5nccc45)c4nccn34)CC2)[C@@H]1NC(=O)OC(C)(C)C.C[C@@H]1OCC2(CCN(c3ncc([S-])c4nccn34)CC2)[C@@H]1NC(=O)OC(C)(C)C.N=N/N=N/N=N/N=N/N=N/N=N/N=N/N=N/N.O=CC(F)(F)F.[2H]CF.[Na+]. The minimum atomic E-state index is -4.64. The molecule has 6 saturated heterocycles. The van der Waals surface area contributed by atoms with Crippen molar-refractivity contribution >= 4 is 122 Å². The molecule has 2 amide bonds. The minimum absolute atomic E-state index is 0. The van der Waals surface area contributed by atoms with Crippen molar-refractivity contribution < 1.29 is 86.6 Å². The van der Waals surface area contributed by atoms with Crippen LogP contribution in [0.3, 0.4) is 0 Å². The fourth-order valence-electron chi connectivity index (χ4n) is 16.1. The molecular formula is C79H98BrF4N38NaO8S3. The van der Waals surface area contributed by atoms with Gasteiger partial charge in [0.1, 0.15) is 16.8 Å². The number of nitrogens with zero attached hydrogens (tertiary/aromatic N) is 33. The maximum absolute atomic E-state index is 12.6. The number of ether oxygens (including phenoxy) is 5. The summed E-state index contributed by atoms with van der Waals surface area (Å²) < 4.78 is 88.4. The van der Waals surface area contributed by atoms with E-state index in [0.717, 1.165) is 160 Å². The van der Waals surface area contributed by atoms with Gasteiger partial charge >= 0.3 is 47.9 Å². The number of amides is 2. The number of halogens is 5. The second kappa shape index (κ2) is 46.8. The number of anilines is 3. The Balaban J connectivity index is 0.000000165. The Bertz CT molecular complexity index is 6170. The Labute approximate surface area is 809 Å². The number of fused-ring (bicyclic) bond motifs is 6. The predicted molar refractivity (Wildman–Crippen MR) is 481 cm³/mol. The Morgan fingerprint density at radius 3 is 1.25 bits per heavy atom. The summed E-state index contributed by atoms with van der Waals surface area (Å²) in [7, 11) is -1.00. The molecule has 7 N–H and O–H groups in total. The third-order valence-electron chi connectivity index (χ3n) is 22.3. The van der Waals surface area contributed by atoms with E-state index in [9.17, 15) is 27.2 Å². The van der Waals surface area contributed by atoms with Crippen LogP contribution in [0.5, 0.6) is 0 Å². The minimum Gasteiger partial charge on any atom is -0.775 e. The van der Waals surface area contributed by atoms with E-state index in [4.69, 9.17) is 63.7 Å². The maximum atomic E-state index is 12.6. The number of hydrogen-bond donors (Lipinski definition) is 5. The first-order chi connectivity index (χ1) is 64.3. The van der Waals surface area contributed by atoms with E-state index in [1.165, 1.54) is 0 Å². The quantitative estimate of drug-likeness (QED) is 0.0114. The van der Waals surface area contributed by atoms with Crippen molar-refractivity contribution in [1.29, 1.82) is 5.53 Å². The van der Waals surface area contributed by atoms with Gasteiger partial charge in [-0.25, -0.2) is 53.0 Å². The molecule has 0 aliphatic carbocycles. The fourth-order valence-corrected chi connectivity index (χ4v) is 18.8. The van der Waals surface area contributed by atoms with E-state index in [-0.39, 0.29) is 94.4 Å². The molecule has 0 radical (unpaired) electrons. The number of carbonyl (C=O) groups excluding carboxylic acids is 3. The molecule has 46 nitrogen and oxygen atoms in total. The first kappa shape index (κ1) is 101. The van der Waals surface area contributed by atoms with Crippen LogP contribution in [0.15, 0.2) is 255 Å². The molecule has 55 heteroatoms. The monoisotopic (exact) mass is 1980 g/mol. The molecule has 6 fully saturated rings. The van der Waals surface area contributed by atoms with Gasteiger partial charge in [0.2, 0.25) is 24.1 Å². The van der Waals surface area contributed by atoms with E-state index in [0.29, 0.717) is 18.1 Å². The topological polar surface area (TPSA) is 535 Å². The van der Waals surface area contributed by atoms with Crippen LogP contribution in [0.1, 0.15) is 102 Å². The molecule has 12 aromatic rings. The first-order valence-electron chi connectivity index (χ1n) is 42.0. The number of rotatable bonds is 16. The van der Waals surface area contributed by atoms with Gasteiger partial charge < -0.3 is 73.2 Å². The molecule has 134 heavy (non-hydrogen) atoms. The third-order valence-corrected chi connectivity index (χ3v) is 25.4. The largest absolute Gasteiger partial charge is 1.00 e. The van der Waals surface area contributed by atoms with Gasteiger partial charge in [0, 0.05) is 150 Å². The molecule has 18 rings (SSSR count). The Morgan fingerprint density at radius 2 is 0.873 bits per heavy atom. The van der Waals surface area contributed by atoms with Crippen molar-refractivity contribution in [3.05, 3.63) is 152 Å². The zero-order valence-corrected chi connectivity index (χ0v) is 80.5. The number of pyridine rings is 3. The van der Waals surface area contributed by atoms with E-state index < -0.39 is 30.8 Å². The van der Waals surface area contributed by atoms with E-state index in [2.05, 4.69) is 189 Å². The molecule has 0 aromatic carbocycles. The van der Waals surface area contributed by atoms with Crippen LogP contribution in [0.2, 0.25) is 0 Å². The van der Waals surface area contributed by atoms with Crippen LogP contribution >= 0.6 is 39.5 Å². The summed E-state index contributed by atoms with van der Waals surface area (Å²) >= 11 is 12.1. The van der Waals surface area contributed by atoms with Crippen molar-refractivity contribution in [3.63, 3.8) is 0 Å². The van der Waals surface area contributed by atoms with Crippen LogP contribution < -0.4 is 66.5 Å². The van der Waals surface area contributed by atoms with Gasteiger partial charge in [-0.2, -0.15) is 34.0 Å². The van der Waals surface area contributed by atoms with Crippen LogP contribution in [-0.4, -0.2) is 210 Å². The van der Waals surface area contributed by atoms with Gasteiger partial charge in [-0.05, 0) is 244 Å². The molecule has 0 unspecified atom stereocenters. The number of nitrogens with two attached hydrogens (primary N) is 2. The second-order valence-electron chi connectivity index (χ2n) is 32.8. The number of aldehydes is 1. The van der Waals surface area contributed by atoms with Gasteiger partial charge in [-0.3, -0.25) is 22.4 Å².